The first-order valence-corrected chi connectivity index (χ1v) is 10.6. The highest BCUT2D eigenvalue weighted by Crippen LogP contribution is 2.54. The number of rotatable bonds is 5. The molecule has 152 valence electrons. The van der Waals surface area contributed by atoms with Gasteiger partial charge < -0.3 is 14.5 Å². The van der Waals surface area contributed by atoms with Crippen LogP contribution in [-0.2, 0) is 12.0 Å². The Balaban J connectivity index is 1.68. The van der Waals surface area contributed by atoms with E-state index in [1.165, 1.54) is 4.90 Å². The fraction of sp³-hybridized carbons (Fsp3) is 0.409. The number of carbonyl (C=O) groups excluding carboxylic acids is 2. The van der Waals surface area contributed by atoms with Crippen molar-refractivity contribution in [2.75, 3.05) is 27.2 Å². The van der Waals surface area contributed by atoms with E-state index in [4.69, 9.17) is 4.74 Å². The van der Waals surface area contributed by atoms with Crippen LogP contribution in [0, 0.1) is 0 Å². The quantitative estimate of drug-likeness (QED) is 0.687. The van der Waals surface area contributed by atoms with Gasteiger partial charge >= 0.3 is 0 Å². The molecule has 1 fully saturated rings. The van der Waals surface area contributed by atoms with Gasteiger partial charge in [0.2, 0.25) is 0 Å². The maximum atomic E-state index is 13.4. The summed E-state index contributed by atoms with van der Waals surface area (Å²) in [5.74, 6) is 0.436. The van der Waals surface area contributed by atoms with E-state index in [1.54, 1.807) is 20.2 Å². The van der Waals surface area contributed by atoms with Crippen molar-refractivity contribution in [2.45, 2.75) is 31.7 Å². The largest absolute Gasteiger partial charge is 0.493 e. The smallest absolute Gasteiger partial charge is 0.271 e. The molecule has 2 amide bonds. The van der Waals surface area contributed by atoms with Gasteiger partial charge in [0.1, 0.15) is 11.4 Å². The Morgan fingerprint density at radius 1 is 1.31 bits per heavy atom. The van der Waals surface area contributed by atoms with Gasteiger partial charge in [0.05, 0.1) is 24.4 Å². The van der Waals surface area contributed by atoms with E-state index in [-0.39, 0.29) is 17.2 Å². The standard InChI is InChI=1S/C22H24BrN3O3/c1-4-29-18-11-14(23)10-16-19(18)21(28)26(13-22(16)8-9-22)12-15-6-5-7-17(24-15)20(27)25(2)3/h5-7,10-11H,4,8-9,12-13H2,1-3H3. The van der Waals surface area contributed by atoms with Gasteiger partial charge in [0, 0.05) is 30.5 Å². The summed E-state index contributed by atoms with van der Waals surface area (Å²) in [6.07, 6.45) is 2.11. The molecule has 0 N–H and O–H groups in total. The van der Waals surface area contributed by atoms with Crippen molar-refractivity contribution in [3.8, 4) is 5.75 Å². The van der Waals surface area contributed by atoms with Gasteiger partial charge in [-0.3, -0.25) is 9.59 Å². The van der Waals surface area contributed by atoms with Crippen molar-refractivity contribution < 1.29 is 14.3 Å². The Labute approximate surface area is 179 Å². The highest BCUT2D eigenvalue weighted by atomic mass is 79.9. The molecular formula is C22H24BrN3O3. The molecule has 1 spiro atoms. The van der Waals surface area contributed by atoms with Crippen LogP contribution >= 0.6 is 15.9 Å². The van der Waals surface area contributed by atoms with Crippen molar-refractivity contribution >= 4 is 27.7 Å². The number of nitrogens with zero attached hydrogens (tertiary/aromatic N) is 3. The molecule has 0 unspecified atom stereocenters. The maximum absolute atomic E-state index is 13.4. The van der Waals surface area contributed by atoms with Crippen LogP contribution in [0.5, 0.6) is 5.75 Å². The van der Waals surface area contributed by atoms with Gasteiger partial charge in [-0.25, -0.2) is 4.98 Å². The topological polar surface area (TPSA) is 62.7 Å². The second-order valence-corrected chi connectivity index (χ2v) is 8.83. The third-order valence-corrected chi connectivity index (χ3v) is 6.03. The first kappa shape index (κ1) is 19.9. The molecule has 0 atom stereocenters. The van der Waals surface area contributed by atoms with Crippen LogP contribution in [-0.4, -0.2) is 53.8 Å². The molecule has 0 bridgehead atoms. The Morgan fingerprint density at radius 3 is 2.72 bits per heavy atom. The van der Waals surface area contributed by atoms with Crippen LogP contribution in [0.15, 0.2) is 34.8 Å². The number of carbonyl (C=O) groups is 2. The highest BCUT2D eigenvalue weighted by molar-refractivity contribution is 9.10. The van der Waals surface area contributed by atoms with E-state index in [9.17, 15) is 9.59 Å². The Morgan fingerprint density at radius 2 is 2.07 bits per heavy atom. The number of pyridine rings is 1. The van der Waals surface area contributed by atoms with Crippen molar-refractivity contribution in [1.82, 2.24) is 14.8 Å². The fourth-order valence-electron chi connectivity index (χ4n) is 3.99. The third kappa shape index (κ3) is 3.64. The summed E-state index contributed by atoms with van der Waals surface area (Å²) < 4.78 is 6.74. The monoisotopic (exact) mass is 457 g/mol. The number of hydrogen-bond acceptors (Lipinski definition) is 4. The number of ether oxygens (including phenoxy) is 1. The van der Waals surface area contributed by atoms with E-state index in [0.29, 0.717) is 42.4 Å². The van der Waals surface area contributed by atoms with Crippen LogP contribution in [0.25, 0.3) is 0 Å². The van der Waals surface area contributed by atoms with Crippen molar-refractivity contribution in [1.29, 1.82) is 0 Å². The van der Waals surface area contributed by atoms with E-state index in [2.05, 4.69) is 27.0 Å². The Hall–Kier alpha value is -2.41. The molecule has 2 aliphatic rings. The van der Waals surface area contributed by atoms with Crippen LogP contribution in [0.3, 0.4) is 0 Å². The average molecular weight is 458 g/mol. The van der Waals surface area contributed by atoms with Crippen molar-refractivity contribution in [3.63, 3.8) is 0 Å². The van der Waals surface area contributed by atoms with Crippen LogP contribution in [0.4, 0.5) is 0 Å². The number of aromatic nitrogens is 1. The highest BCUT2D eigenvalue weighted by Gasteiger charge is 2.52. The molecule has 1 aliphatic carbocycles. The number of amides is 2. The zero-order chi connectivity index (χ0) is 20.8. The van der Waals surface area contributed by atoms with Gasteiger partial charge in [0.25, 0.3) is 11.8 Å². The number of fused-ring (bicyclic) bond motifs is 2. The zero-order valence-corrected chi connectivity index (χ0v) is 18.5. The lowest BCUT2D eigenvalue weighted by atomic mass is 9.86. The lowest BCUT2D eigenvalue weighted by Gasteiger charge is -2.35. The summed E-state index contributed by atoms with van der Waals surface area (Å²) in [4.78, 5) is 33.5. The first-order chi connectivity index (χ1) is 13.8. The average Bonchev–Trinajstić information content (AvgIpc) is 3.46. The van der Waals surface area contributed by atoms with Crippen molar-refractivity contribution in [3.05, 3.63) is 57.3 Å². The van der Waals surface area contributed by atoms with Gasteiger partial charge in [-0.2, -0.15) is 0 Å². The molecular weight excluding hydrogens is 434 g/mol. The fourth-order valence-corrected chi connectivity index (χ4v) is 4.42. The van der Waals surface area contributed by atoms with Gasteiger partial charge in [-0.1, -0.05) is 22.0 Å². The normalized spacial score (nSPS) is 16.6. The Bertz CT molecular complexity index is 985. The van der Waals surface area contributed by atoms with Crippen molar-refractivity contribution in [2.24, 2.45) is 0 Å². The summed E-state index contributed by atoms with van der Waals surface area (Å²) in [5.41, 5.74) is 2.84. The van der Waals surface area contributed by atoms with E-state index in [0.717, 1.165) is 22.9 Å². The van der Waals surface area contributed by atoms with E-state index < -0.39 is 0 Å². The minimum absolute atomic E-state index is 0.00403. The summed E-state index contributed by atoms with van der Waals surface area (Å²) in [6, 6.07) is 9.31. The molecule has 2 heterocycles. The minimum atomic E-state index is -0.149. The summed E-state index contributed by atoms with van der Waals surface area (Å²) in [7, 11) is 3.40. The van der Waals surface area contributed by atoms with Crippen LogP contribution < -0.4 is 4.74 Å². The molecule has 0 saturated heterocycles. The zero-order valence-electron chi connectivity index (χ0n) is 16.9. The summed E-state index contributed by atoms with van der Waals surface area (Å²) >= 11 is 3.56. The predicted molar refractivity (Wildman–Crippen MR) is 113 cm³/mol. The molecule has 0 radical (unpaired) electrons. The molecule has 7 heteroatoms. The van der Waals surface area contributed by atoms with Crippen LogP contribution in [0.2, 0.25) is 0 Å². The van der Waals surface area contributed by atoms with Crippen LogP contribution in [0.1, 0.15) is 51.9 Å². The van der Waals surface area contributed by atoms with E-state index >= 15 is 0 Å². The molecule has 1 aromatic carbocycles. The first-order valence-electron chi connectivity index (χ1n) is 9.78. The minimum Gasteiger partial charge on any atom is -0.493 e. The summed E-state index contributed by atoms with van der Waals surface area (Å²) in [5, 5.41) is 0. The third-order valence-electron chi connectivity index (χ3n) is 5.57. The van der Waals surface area contributed by atoms with Gasteiger partial charge in [-0.05, 0) is 49.6 Å². The molecule has 2 aromatic rings. The second-order valence-electron chi connectivity index (χ2n) is 7.91. The summed E-state index contributed by atoms with van der Waals surface area (Å²) in [6.45, 7) is 3.45. The molecule has 4 rings (SSSR count). The maximum Gasteiger partial charge on any atom is 0.271 e. The second kappa shape index (κ2) is 7.44. The predicted octanol–water partition coefficient (Wildman–Crippen LogP) is 3.63. The Kier molecular flexibility index (Phi) is 5.11. The number of halogens is 1. The SMILES string of the molecule is CCOc1cc(Br)cc2c1C(=O)N(Cc1cccc(C(=O)N(C)C)n1)CC21CC1. The molecule has 29 heavy (non-hydrogen) atoms. The molecule has 1 saturated carbocycles. The number of hydrogen-bond donors (Lipinski definition) is 0. The van der Waals surface area contributed by atoms with E-state index in [1.807, 2.05) is 30.0 Å². The van der Waals surface area contributed by atoms with Gasteiger partial charge in [-0.15, -0.1) is 0 Å². The molecule has 6 nitrogen and oxygen atoms in total. The lowest BCUT2D eigenvalue weighted by Crippen LogP contribution is -2.43. The molecule has 1 aromatic heterocycles. The van der Waals surface area contributed by atoms with Gasteiger partial charge in [0.15, 0.2) is 0 Å². The number of benzene rings is 1. The lowest BCUT2D eigenvalue weighted by molar-refractivity contribution is 0.0691. The molecule has 1 aliphatic heterocycles.